The Labute approximate surface area is 140 Å². The Morgan fingerprint density at radius 1 is 1.08 bits per heavy atom. The lowest BCUT2D eigenvalue weighted by Gasteiger charge is -2.14. The van der Waals surface area contributed by atoms with E-state index in [2.05, 4.69) is 5.32 Å². The lowest BCUT2D eigenvalue weighted by molar-refractivity contribution is -0.124. The van der Waals surface area contributed by atoms with Gasteiger partial charge in [0.2, 0.25) is 0 Å². The zero-order valence-electron chi connectivity index (χ0n) is 13.5. The van der Waals surface area contributed by atoms with Gasteiger partial charge in [-0.15, -0.1) is 0 Å². The molecule has 24 heavy (non-hydrogen) atoms. The van der Waals surface area contributed by atoms with Crippen LogP contribution in [0.4, 0.5) is 4.39 Å². The second-order valence-corrected chi connectivity index (χ2v) is 5.58. The Kier molecular flexibility index (Phi) is 6.49. The molecule has 5 heteroatoms. The smallest absolute Gasteiger partial charge is 0.338 e. The largest absolute Gasteiger partial charge is 0.452 e. The van der Waals surface area contributed by atoms with Gasteiger partial charge < -0.3 is 10.1 Å². The number of carbonyl (C=O) groups excluding carboxylic acids is 2. The fourth-order valence-electron chi connectivity index (χ4n) is 2.22. The highest BCUT2D eigenvalue weighted by Crippen LogP contribution is 2.06. The van der Waals surface area contributed by atoms with Crippen molar-refractivity contribution in [2.75, 3.05) is 6.61 Å². The molecule has 0 saturated carbocycles. The van der Waals surface area contributed by atoms with Gasteiger partial charge in [-0.2, -0.15) is 0 Å². The zero-order valence-corrected chi connectivity index (χ0v) is 13.5. The van der Waals surface area contributed by atoms with Crippen molar-refractivity contribution in [2.24, 2.45) is 0 Å². The molecule has 0 fully saturated rings. The molecule has 4 nitrogen and oxygen atoms in total. The number of amides is 1. The fraction of sp³-hybridized carbons (Fsp3) is 0.263. The molecule has 0 unspecified atom stereocenters. The number of benzene rings is 2. The number of ether oxygens (including phenoxy) is 1. The molecule has 1 amide bonds. The predicted octanol–water partition coefficient (Wildman–Crippen LogP) is 3.12. The van der Waals surface area contributed by atoms with Crippen molar-refractivity contribution in [3.63, 3.8) is 0 Å². The van der Waals surface area contributed by atoms with Gasteiger partial charge in [0.25, 0.3) is 5.91 Å². The van der Waals surface area contributed by atoms with Crippen molar-refractivity contribution in [3.05, 3.63) is 71.5 Å². The summed E-state index contributed by atoms with van der Waals surface area (Å²) < 4.78 is 17.7. The van der Waals surface area contributed by atoms with Gasteiger partial charge in [-0.25, -0.2) is 9.18 Å². The Hall–Kier alpha value is -2.69. The van der Waals surface area contributed by atoms with E-state index in [9.17, 15) is 14.0 Å². The SMILES string of the molecule is C[C@H](CCc1ccccc1)NC(=O)COC(=O)c1ccc(F)cc1. The highest BCUT2D eigenvalue weighted by molar-refractivity contribution is 5.91. The van der Waals surface area contributed by atoms with E-state index in [4.69, 9.17) is 4.74 Å². The maximum atomic E-state index is 12.8. The highest BCUT2D eigenvalue weighted by Gasteiger charge is 2.12. The number of hydrogen-bond acceptors (Lipinski definition) is 3. The molecule has 2 aromatic carbocycles. The summed E-state index contributed by atoms with van der Waals surface area (Å²) in [6.07, 6.45) is 1.65. The van der Waals surface area contributed by atoms with E-state index in [-0.39, 0.29) is 24.1 Å². The molecule has 2 aromatic rings. The quantitative estimate of drug-likeness (QED) is 0.794. The molecule has 0 aliphatic carbocycles. The van der Waals surface area contributed by atoms with Gasteiger partial charge in [-0.3, -0.25) is 4.79 Å². The molecule has 0 aliphatic heterocycles. The minimum absolute atomic E-state index is 0.0257. The van der Waals surface area contributed by atoms with Crippen molar-refractivity contribution in [1.29, 1.82) is 0 Å². The average Bonchev–Trinajstić information content (AvgIpc) is 2.59. The van der Waals surface area contributed by atoms with Crippen molar-refractivity contribution >= 4 is 11.9 Å². The molecule has 126 valence electrons. The highest BCUT2D eigenvalue weighted by atomic mass is 19.1. The molecule has 0 spiro atoms. The van der Waals surface area contributed by atoms with E-state index in [1.807, 2.05) is 37.3 Å². The van der Waals surface area contributed by atoms with Crippen molar-refractivity contribution < 1.29 is 18.7 Å². The second kappa shape index (κ2) is 8.82. The van der Waals surface area contributed by atoms with E-state index in [1.54, 1.807) is 0 Å². The Morgan fingerprint density at radius 2 is 1.75 bits per heavy atom. The second-order valence-electron chi connectivity index (χ2n) is 5.58. The number of aryl methyl sites for hydroxylation is 1. The summed E-state index contributed by atoms with van der Waals surface area (Å²) in [5.41, 5.74) is 1.42. The first kappa shape index (κ1) is 17.7. The van der Waals surface area contributed by atoms with Gasteiger partial charge >= 0.3 is 5.97 Å². The third-order valence-corrected chi connectivity index (χ3v) is 3.53. The van der Waals surface area contributed by atoms with Crippen LogP contribution in [0.1, 0.15) is 29.3 Å². The number of nitrogens with one attached hydrogen (secondary N) is 1. The summed E-state index contributed by atoms with van der Waals surface area (Å²) in [7, 11) is 0. The summed E-state index contributed by atoms with van der Waals surface area (Å²) in [4.78, 5) is 23.5. The van der Waals surface area contributed by atoms with Crippen LogP contribution >= 0.6 is 0 Å². The fourth-order valence-corrected chi connectivity index (χ4v) is 2.22. The van der Waals surface area contributed by atoms with Gasteiger partial charge in [-0.1, -0.05) is 30.3 Å². The summed E-state index contributed by atoms with van der Waals surface area (Å²) >= 11 is 0. The molecular weight excluding hydrogens is 309 g/mol. The van der Waals surface area contributed by atoms with Crippen LogP contribution in [-0.2, 0) is 16.0 Å². The summed E-state index contributed by atoms with van der Waals surface area (Å²) in [6, 6.07) is 15.0. The number of carbonyl (C=O) groups is 2. The average molecular weight is 329 g/mol. The molecule has 1 N–H and O–H groups in total. The van der Waals surface area contributed by atoms with Crippen LogP contribution in [-0.4, -0.2) is 24.5 Å². The van der Waals surface area contributed by atoms with Gasteiger partial charge in [0.05, 0.1) is 5.56 Å². The first-order valence-electron chi connectivity index (χ1n) is 7.80. The Bertz CT molecular complexity index is 671. The molecule has 1 atom stereocenters. The first-order valence-corrected chi connectivity index (χ1v) is 7.80. The minimum atomic E-state index is -0.651. The topological polar surface area (TPSA) is 55.4 Å². The normalized spacial score (nSPS) is 11.6. The minimum Gasteiger partial charge on any atom is -0.452 e. The molecule has 2 rings (SSSR count). The molecule has 0 aromatic heterocycles. The van der Waals surface area contributed by atoms with Crippen molar-refractivity contribution in [3.8, 4) is 0 Å². The van der Waals surface area contributed by atoms with Gasteiger partial charge in [0, 0.05) is 6.04 Å². The van der Waals surface area contributed by atoms with Crippen molar-refractivity contribution in [2.45, 2.75) is 25.8 Å². The summed E-state index contributed by atoms with van der Waals surface area (Å²) in [5, 5.41) is 2.79. The van der Waals surface area contributed by atoms with Crippen LogP contribution in [0.3, 0.4) is 0 Å². The standard InChI is InChI=1S/C19H20FNO3/c1-14(7-8-15-5-3-2-4-6-15)21-18(22)13-24-19(23)16-9-11-17(20)12-10-16/h2-6,9-12,14H,7-8,13H2,1H3,(H,21,22)/t14-/m1/s1. The first-order chi connectivity index (χ1) is 11.5. The van der Waals surface area contributed by atoms with E-state index >= 15 is 0 Å². The van der Waals surface area contributed by atoms with Gasteiger partial charge in [0.1, 0.15) is 5.82 Å². The van der Waals surface area contributed by atoms with Crippen LogP contribution < -0.4 is 5.32 Å². The number of hydrogen-bond donors (Lipinski definition) is 1. The molecule has 0 radical (unpaired) electrons. The van der Waals surface area contributed by atoms with Crippen LogP contribution in [0.2, 0.25) is 0 Å². The molecule has 0 bridgehead atoms. The Morgan fingerprint density at radius 3 is 2.42 bits per heavy atom. The number of rotatable bonds is 7. The van der Waals surface area contributed by atoms with E-state index in [1.165, 1.54) is 29.8 Å². The van der Waals surface area contributed by atoms with Crippen LogP contribution in [0, 0.1) is 5.82 Å². The maximum absolute atomic E-state index is 12.8. The van der Waals surface area contributed by atoms with Gasteiger partial charge in [0.15, 0.2) is 6.61 Å². The lowest BCUT2D eigenvalue weighted by atomic mass is 10.1. The third-order valence-electron chi connectivity index (χ3n) is 3.53. The molecule has 0 heterocycles. The van der Waals surface area contributed by atoms with E-state index in [0.717, 1.165) is 12.8 Å². The monoisotopic (exact) mass is 329 g/mol. The van der Waals surface area contributed by atoms with Crippen LogP contribution in [0.15, 0.2) is 54.6 Å². The summed E-state index contributed by atoms with van der Waals surface area (Å²) in [5.74, 6) is -1.44. The summed E-state index contributed by atoms with van der Waals surface area (Å²) in [6.45, 7) is 1.55. The van der Waals surface area contributed by atoms with Crippen LogP contribution in [0.5, 0.6) is 0 Å². The Balaban J connectivity index is 1.70. The maximum Gasteiger partial charge on any atom is 0.338 e. The third kappa shape index (κ3) is 5.83. The molecule has 0 saturated heterocycles. The number of halogens is 1. The molecular formula is C19H20FNO3. The predicted molar refractivity (Wildman–Crippen MR) is 89.1 cm³/mol. The van der Waals surface area contributed by atoms with Crippen LogP contribution in [0.25, 0.3) is 0 Å². The van der Waals surface area contributed by atoms with Gasteiger partial charge in [-0.05, 0) is 49.6 Å². The van der Waals surface area contributed by atoms with E-state index in [0.29, 0.717) is 0 Å². The van der Waals surface area contributed by atoms with E-state index < -0.39 is 11.8 Å². The van der Waals surface area contributed by atoms with Crippen molar-refractivity contribution in [1.82, 2.24) is 5.32 Å². The lowest BCUT2D eigenvalue weighted by Crippen LogP contribution is -2.36. The zero-order chi connectivity index (χ0) is 17.4. The molecule has 0 aliphatic rings. The number of esters is 1.